The summed E-state index contributed by atoms with van der Waals surface area (Å²) in [5.41, 5.74) is -1.17. The van der Waals surface area contributed by atoms with Gasteiger partial charge >= 0.3 is 6.18 Å². The summed E-state index contributed by atoms with van der Waals surface area (Å²) in [6.07, 6.45) is -4.17. The molecule has 0 unspecified atom stereocenters. The highest BCUT2D eigenvalue weighted by atomic mass is 19.4. The number of alkyl halides is 3. The number of aldehydes is 1. The predicted molar refractivity (Wildman–Crippen MR) is 62.2 cm³/mol. The molecule has 1 nitrogen and oxygen atoms in total. The molecule has 0 N–H and O–H groups in total. The maximum absolute atomic E-state index is 13.2. The van der Waals surface area contributed by atoms with Gasteiger partial charge in [-0.25, -0.2) is 4.39 Å². The van der Waals surface area contributed by atoms with Crippen LogP contribution in [0.4, 0.5) is 17.6 Å². The van der Waals surface area contributed by atoms with Crippen LogP contribution >= 0.6 is 0 Å². The molecule has 0 amide bonds. The first-order valence-electron chi connectivity index (χ1n) is 5.35. The Morgan fingerprint density at radius 3 is 2.26 bits per heavy atom. The molecule has 98 valence electrons. The van der Waals surface area contributed by atoms with E-state index in [9.17, 15) is 22.4 Å². The third-order valence-corrected chi connectivity index (χ3v) is 2.66. The van der Waals surface area contributed by atoms with E-state index >= 15 is 0 Å². The van der Waals surface area contributed by atoms with Crippen LogP contribution in [0.3, 0.4) is 0 Å². The van der Waals surface area contributed by atoms with Crippen molar-refractivity contribution in [3.05, 3.63) is 59.4 Å². The third kappa shape index (κ3) is 2.65. The second-order valence-electron chi connectivity index (χ2n) is 3.89. The molecule has 0 spiro atoms. The average Bonchev–Trinajstić information content (AvgIpc) is 2.37. The van der Waals surface area contributed by atoms with Gasteiger partial charge in [-0.15, -0.1) is 0 Å². The van der Waals surface area contributed by atoms with Gasteiger partial charge in [0.1, 0.15) is 5.82 Å². The van der Waals surface area contributed by atoms with Gasteiger partial charge in [0.25, 0.3) is 0 Å². The predicted octanol–water partition coefficient (Wildman–Crippen LogP) is 4.32. The molecule has 0 atom stereocenters. The van der Waals surface area contributed by atoms with E-state index in [0.717, 1.165) is 12.1 Å². The lowest BCUT2D eigenvalue weighted by Gasteiger charge is -2.14. The SMILES string of the molecule is O=Cc1ccccc1-c1cc(F)ccc1C(F)(F)F. The lowest BCUT2D eigenvalue weighted by atomic mass is 9.95. The van der Waals surface area contributed by atoms with E-state index in [1.165, 1.54) is 24.3 Å². The Bertz CT molecular complexity index is 617. The quantitative estimate of drug-likeness (QED) is 0.585. The van der Waals surface area contributed by atoms with Gasteiger partial charge in [-0.3, -0.25) is 4.79 Å². The first-order chi connectivity index (χ1) is 8.93. The fourth-order valence-corrected chi connectivity index (χ4v) is 1.83. The fourth-order valence-electron chi connectivity index (χ4n) is 1.83. The minimum absolute atomic E-state index is 0.0596. The molecule has 0 saturated carbocycles. The lowest BCUT2D eigenvalue weighted by molar-refractivity contribution is -0.137. The summed E-state index contributed by atoms with van der Waals surface area (Å²) in [5.74, 6) is -0.788. The lowest BCUT2D eigenvalue weighted by Crippen LogP contribution is -2.08. The molecule has 19 heavy (non-hydrogen) atoms. The van der Waals surface area contributed by atoms with Gasteiger partial charge in [0, 0.05) is 5.56 Å². The number of carbonyl (C=O) groups is 1. The number of hydrogen-bond acceptors (Lipinski definition) is 1. The Morgan fingerprint density at radius 1 is 0.947 bits per heavy atom. The maximum Gasteiger partial charge on any atom is 0.417 e. The van der Waals surface area contributed by atoms with E-state index in [-0.39, 0.29) is 16.7 Å². The molecule has 0 aromatic heterocycles. The van der Waals surface area contributed by atoms with Crippen molar-refractivity contribution < 1.29 is 22.4 Å². The van der Waals surface area contributed by atoms with Crippen molar-refractivity contribution in [3.8, 4) is 11.1 Å². The van der Waals surface area contributed by atoms with Crippen molar-refractivity contribution in [2.24, 2.45) is 0 Å². The molecule has 0 aliphatic carbocycles. The van der Waals surface area contributed by atoms with Gasteiger partial charge < -0.3 is 0 Å². The zero-order chi connectivity index (χ0) is 14.0. The molecule has 0 bridgehead atoms. The van der Waals surface area contributed by atoms with Crippen LogP contribution in [-0.2, 0) is 6.18 Å². The Labute approximate surface area is 106 Å². The molecule has 0 radical (unpaired) electrons. The third-order valence-electron chi connectivity index (χ3n) is 2.66. The highest BCUT2D eigenvalue weighted by Crippen LogP contribution is 2.38. The van der Waals surface area contributed by atoms with E-state index < -0.39 is 17.6 Å². The maximum atomic E-state index is 13.2. The molecular formula is C14H8F4O. The summed E-state index contributed by atoms with van der Waals surface area (Å²) in [7, 11) is 0. The van der Waals surface area contributed by atoms with Crippen LogP contribution in [0.2, 0.25) is 0 Å². The van der Waals surface area contributed by atoms with Crippen molar-refractivity contribution in [1.82, 2.24) is 0 Å². The molecule has 0 heterocycles. The Kier molecular flexibility index (Phi) is 3.38. The minimum Gasteiger partial charge on any atom is -0.298 e. The molecule has 0 fully saturated rings. The number of halogens is 4. The first-order valence-corrected chi connectivity index (χ1v) is 5.35. The van der Waals surface area contributed by atoms with Crippen LogP contribution in [0.1, 0.15) is 15.9 Å². The Balaban J connectivity index is 2.74. The van der Waals surface area contributed by atoms with Crippen molar-refractivity contribution >= 4 is 6.29 Å². The van der Waals surface area contributed by atoms with Crippen molar-refractivity contribution in [2.75, 3.05) is 0 Å². The van der Waals surface area contributed by atoms with Crippen LogP contribution in [0.25, 0.3) is 11.1 Å². The smallest absolute Gasteiger partial charge is 0.298 e. The Hall–Kier alpha value is -2.17. The van der Waals surface area contributed by atoms with E-state index in [1.54, 1.807) is 0 Å². The van der Waals surface area contributed by atoms with E-state index in [1.807, 2.05) is 0 Å². The van der Waals surface area contributed by atoms with Gasteiger partial charge in [0.2, 0.25) is 0 Å². The average molecular weight is 268 g/mol. The number of rotatable bonds is 2. The second-order valence-corrected chi connectivity index (χ2v) is 3.89. The standard InChI is InChI=1S/C14H8F4O/c15-10-5-6-13(14(16,17)18)12(7-10)11-4-2-1-3-9(11)8-19/h1-8H. The van der Waals surface area contributed by atoms with Gasteiger partial charge in [0.15, 0.2) is 6.29 Å². The molecule has 0 saturated heterocycles. The summed E-state index contributed by atoms with van der Waals surface area (Å²) >= 11 is 0. The molecule has 5 heteroatoms. The van der Waals surface area contributed by atoms with Crippen LogP contribution in [0.5, 0.6) is 0 Å². The van der Waals surface area contributed by atoms with Crippen LogP contribution in [-0.4, -0.2) is 6.29 Å². The number of hydrogen-bond donors (Lipinski definition) is 0. The van der Waals surface area contributed by atoms with Crippen LogP contribution in [0.15, 0.2) is 42.5 Å². The van der Waals surface area contributed by atoms with Crippen molar-refractivity contribution in [3.63, 3.8) is 0 Å². The van der Waals surface area contributed by atoms with Crippen LogP contribution < -0.4 is 0 Å². The summed E-state index contributed by atoms with van der Waals surface area (Å²) in [6, 6.07) is 7.96. The monoisotopic (exact) mass is 268 g/mol. The molecule has 2 aromatic rings. The molecular weight excluding hydrogens is 260 g/mol. The van der Waals surface area contributed by atoms with E-state index in [2.05, 4.69) is 0 Å². The van der Waals surface area contributed by atoms with Crippen LogP contribution in [0, 0.1) is 5.82 Å². The first kappa shape index (κ1) is 13.3. The fraction of sp³-hybridized carbons (Fsp3) is 0.0714. The summed E-state index contributed by atoms with van der Waals surface area (Å²) in [6.45, 7) is 0. The highest BCUT2D eigenvalue weighted by molar-refractivity contribution is 5.88. The number of benzene rings is 2. The normalized spacial score (nSPS) is 11.4. The topological polar surface area (TPSA) is 17.1 Å². The summed E-state index contributed by atoms with van der Waals surface area (Å²) in [4.78, 5) is 10.9. The molecule has 2 rings (SSSR count). The molecule has 0 aliphatic rings. The largest absolute Gasteiger partial charge is 0.417 e. The second kappa shape index (κ2) is 4.84. The van der Waals surface area contributed by atoms with E-state index in [0.29, 0.717) is 12.4 Å². The summed E-state index contributed by atoms with van der Waals surface area (Å²) < 4.78 is 51.9. The molecule has 0 aliphatic heterocycles. The van der Waals surface area contributed by atoms with Crippen molar-refractivity contribution in [2.45, 2.75) is 6.18 Å². The molecule has 2 aromatic carbocycles. The highest BCUT2D eigenvalue weighted by Gasteiger charge is 2.34. The van der Waals surface area contributed by atoms with Crippen molar-refractivity contribution in [1.29, 1.82) is 0 Å². The zero-order valence-corrected chi connectivity index (χ0v) is 9.54. The minimum atomic E-state index is -4.61. The van der Waals surface area contributed by atoms with Gasteiger partial charge in [-0.1, -0.05) is 24.3 Å². The van der Waals surface area contributed by atoms with E-state index in [4.69, 9.17) is 0 Å². The Morgan fingerprint density at radius 2 is 1.63 bits per heavy atom. The number of carbonyl (C=O) groups excluding carboxylic acids is 1. The van der Waals surface area contributed by atoms with Gasteiger partial charge in [-0.05, 0) is 29.3 Å². The zero-order valence-electron chi connectivity index (χ0n) is 9.54. The van der Waals surface area contributed by atoms with Gasteiger partial charge in [-0.2, -0.15) is 13.2 Å². The van der Waals surface area contributed by atoms with Gasteiger partial charge in [0.05, 0.1) is 5.56 Å². The summed E-state index contributed by atoms with van der Waals surface area (Å²) in [5, 5.41) is 0.